The van der Waals surface area contributed by atoms with Gasteiger partial charge < -0.3 is 9.64 Å². The zero-order valence-corrected chi connectivity index (χ0v) is 12.3. The summed E-state index contributed by atoms with van der Waals surface area (Å²) in [7, 11) is 0. The molecule has 0 aromatic rings. The second-order valence-corrected chi connectivity index (χ2v) is 5.30. The van der Waals surface area contributed by atoms with Gasteiger partial charge in [-0.25, -0.2) is 0 Å². The van der Waals surface area contributed by atoms with Gasteiger partial charge in [-0.3, -0.25) is 4.79 Å². The van der Waals surface area contributed by atoms with Crippen LogP contribution in [0.25, 0.3) is 0 Å². The molecule has 0 N–H and O–H groups in total. The highest BCUT2D eigenvalue weighted by atomic mass is 35.5. The van der Waals surface area contributed by atoms with Crippen LogP contribution in [0.4, 0.5) is 0 Å². The molecule has 3 nitrogen and oxygen atoms in total. The van der Waals surface area contributed by atoms with Gasteiger partial charge in [0.1, 0.15) is 0 Å². The number of amides is 1. The lowest BCUT2D eigenvalue weighted by atomic mass is 10.1. The van der Waals surface area contributed by atoms with Crippen molar-refractivity contribution >= 4 is 17.5 Å². The number of alkyl halides is 1. The molecule has 0 aromatic carbocycles. The molecule has 4 heteroatoms. The van der Waals surface area contributed by atoms with Gasteiger partial charge >= 0.3 is 0 Å². The van der Waals surface area contributed by atoms with E-state index in [0.29, 0.717) is 32.1 Å². The minimum atomic E-state index is 0.0769. The van der Waals surface area contributed by atoms with Crippen LogP contribution in [0.2, 0.25) is 0 Å². The molecule has 1 aliphatic heterocycles. The fraction of sp³-hybridized carbons (Fsp3) is 0.929. The Morgan fingerprint density at radius 2 is 2.00 bits per heavy atom. The summed E-state index contributed by atoms with van der Waals surface area (Å²) in [5, 5.41) is 0. The fourth-order valence-corrected chi connectivity index (χ4v) is 2.57. The van der Waals surface area contributed by atoms with Crippen molar-refractivity contribution in [2.45, 2.75) is 57.9 Å². The van der Waals surface area contributed by atoms with Crippen LogP contribution in [-0.4, -0.2) is 42.5 Å². The Kier molecular flexibility index (Phi) is 8.44. The summed E-state index contributed by atoms with van der Waals surface area (Å²) in [6.07, 6.45) is 7.97. The first kappa shape index (κ1) is 15.8. The Hall–Kier alpha value is -0.280. The van der Waals surface area contributed by atoms with E-state index >= 15 is 0 Å². The summed E-state index contributed by atoms with van der Waals surface area (Å²) in [5.41, 5.74) is 0. The number of hydrogen-bond acceptors (Lipinski definition) is 2. The number of rotatable bonds is 8. The lowest BCUT2D eigenvalue weighted by Crippen LogP contribution is -2.49. The van der Waals surface area contributed by atoms with Gasteiger partial charge in [0, 0.05) is 18.8 Å². The first-order chi connectivity index (χ1) is 8.79. The van der Waals surface area contributed by atoms with E-state index in [9.17, 15) is 4.79 Å². The molecule has 0 aliphatic carbocycles. The van der Waals surface area contributed by atoms with Gasteiger partial charge in [-0.05, 0) is 6.42 Å². The van der Waals surface area contributed by atoms with Crippen molar-refractivity contribution in [3.05, 3.63) is 0 Å². The molecule has 1 atom stereocenters. The number of unbranched alkanes of at least 4 members (excludes halogenated alkanes) is 5. The fourth-order valence-electron chi connectivity index (χ4n) is 2.31. The predicted octanol–water partition coefficient (Wildman–Crippen LogP) is 3.20. The number of carbonyl (C=O) groups is 1. The molecule has 0 spiro atoms. The summed E-state index contributed by atoms with van der Waals surface area (Å²) >= 11 is 5.86. The summed E-state index contributed by atoms with van der Waals surface area (Å²) in [4.78, 5) is 14.0. The molecule has 1 amide bonds. The maximum absolute atomic E-state index is 12.1. The van der Waals surface area contributed by atoms with Gasteiger partial charge in [0.2, 0.25) is 5.91 Å². The third-order valence-corrected chi connectivity index (χ3v) is 3.83. The second-order valence-electron chi connectivity index (χ2n) is 4.99. The molecule has 0 radical (unpaired) electrons. The van der Waals surface area contributed by atoms with Crippen LogP contribution in [0.3, 0.4) is 0 Å². The number of morpholine rings is 1. The number of nitrogens with zero attached hydrogens (tertiary/aromatic N) is 1. The summed E-state index contributed by atoms with van der Waals surface area (Å²) < 4.78 is 5.34. The van der Waals surface area contributed by atoms with Crippen molar-refractivity contribution in [1.29, 1.82) is 0 Å². The van der Waals surface area contributed by atoms with Crippen molar-refractivity contribution in [3.63, 3.8) is 0 Å². The lowest BCUT2D eigenvalue weighted by Gasteiger charge is -2.34. The summed E-state index contributed by atoms with van der Waals surface area (Å²) in [5.74, 6) is 0.724. The van der Waals surface area contributed by atoms with Crippen molar-refractivity contribution in [2.24, 2.45) is 0 Å². The van der Waals surface area contributed by atoms with Gasteiger partial charge in [0.25, 0.3) is 0 Å². The third kappa shape index (κ3) is 5.57. The zero-order valence-electron chi connectivity index (χ0n) is 11.5. The van der Waals surface area contributed by atoms with Gasteiger partial charge in [0.15, 0.2) is 0 Å². The molecule has 1 rings (SSSR count). The van der Waals surface area contributed by atoms with Crippen LogP contribution in [0, 0.1) is 0 Å². The first-order valence-corrected chi connectivity index (χ1v) is 7.76. The largest absolute Gasteiger partial charge is 0.377 e. The molecule has 0 aromatic heterocycles. The van der Waals surface area contributed by atoms with E-state index in [2.05, 4.69) is 6.92 Å². The van der Waals surface area contributed by atoms with E-state index < -0.39 is 0 Å². The van der Waals surface area contributed by atoms with Crippen LogP contribution in [0.15, 0.2) is 0 Å². The van der Waals surface area contributed by atoms with E-state index in [4.69, 9.17) is 16.3 Å². The van der Waals surface area contributed by atoms with Crippen molar-refractivity contribution in [2.75, 3.05) is 25.6 Å². The minimum absolute atomic E-state index is 0.0769. The van der Waals surface area contributed by atoms with Crippen LogP contribution in [-0.2, 0) is 9.53 Å². The van der Waals surface area contributed by atoms with Gasteiger partial charge in [-0.2, -0.15) is 0 Å². The quantitative estimate of drug-likeness (QED) is 0.503. The second kappa shape index (κ2) is 9.62. The molecular formula is C14H26ClNO2. The minimum Gasteiger partial charge on any atom is -0.377 e. The van der Waals surface area contributed by atoms with Crippen molar-refractivity contribution < 1.29 is 9.53 Å². The molecule has 0 bridgehead atoms. The molecule has 106 valence electrons. The third-order valence-electron chi connectivity index (χ3n) is 3.47. The van der Waals surface area contributed by atoms with Crippen molar-refractivity contribution in [1.82, 2.24) is 4.90 Å². The Labute approximate surface area is 116 Å². The number of halogens is 1. The SMILES string of the molecule is CCCCCCCCC(=O)N1CCOCC1CCl. The maximum atomic E-state index is 12.1. The highest BCUT2D eigenvalue weighted by molar-refractivity contribution is 6.18. The Morgan fingerprint density at radius 3 is 2.72 bits per heavy atom. The van der Waals surface area contributed by atoms with Gasteiger partial charge in [-0.1, -0.05) is 39.0 Å². The first-order valence-electron chi connectivity index (χ1n) is 7.22. The number of carbonyl (C=O) groups excluding carboxylic acids is 1. The molecule has 18 heavy (non-hydrogen) atoms. The molecule has 1 unspecified atom stereocenters. The normalized spacial score (nSPS) is 20.1. The van der Waals surface area contributed by atoms with E-state index in [1.54, 1.807) is 0 Å². The Balaban J connectivity index is 2.14. The standard InChI is InChI=1S/C14H26ClNO2/c1-2-3-4-5-6-7-8-14(17)16-9-10-18-12-13(16)11-15/h13H,2-12H2,1H3. The van der Waals surface area contributed by atoms with E-state index in [0.717, 1.165) is 6.42 Å². The number of ether oxygens (including phenoxy) is 1. The van der Waals surface area contributed by atoms with Gasteiger partial charge in [-0.15, -0.1) is 11.6 Å². The van der Waals surface area contributed by atoms with Crippen molar-refractivity contribution in [3.8, 4) is 0 Å². The summed E-state index contributed by atoms with van der Waals surface area (Å²) in [6, 6.07) is 0.0769. The maximum Gasteiger partial charge on any atom is 0.223 e. The predicted molar refractivity (Wildman–Crippen MR) is 75.0 cm³/mol. The highest BCUT2D eigenvalue weighted by Crippen LogP contribution is 2.13. The average Bonchev–Trinajstić information content (AvgIpc) is 2.42. The lowest BCUT2D eigenvalue weighted by molar-refractivity contribution is -0.139. The monoisotopic (exact) mass is 275 g/mol. The summed E-state index contributed by atoms with van der Waals surface area (Å²) in [6.45, 7) is 4.15. The van der Waals surface area contributed by atoms with E-state index in [1.165, 1.54) is 32.1 Å². The van der Waals surface area contributed by atoms with E-state index in [-0.39, 0.29) is 11.9 Å². The molecular weight excluding hydrogens is 250 g/mol. The smallest absolute Gasteiger partial charge is 0.223 e. The van der Waals surface area contributed by atoms with Crippen LogP contribution >= 0.6 is 11.6 Å². The Morgan fingerprint density at radius 1 is 1.28 bits per heavy atom. The zero-order chi connectivity index (χ0) is 13.2. The van der Waals surface area contributed by atoms with E-state index in [1.807, 2.05) is 4.90 Å². The van der Waals surface area contributed by atoms with Crippen LogP contribution in [0.5, 0.6) is 0 Å². The molecule has 1 saturated heterocycles. The van der Waals surface area contributed by atoms with Crippen LogP contribution in [0.1, 0.15) is 51.9 Å². The molecule has 1 heterocycles. The molecule has 1 fully saturated rings. The molecule has 1 aliphatic rings. The average molecular weight is 276 g/mol. The van der Waals surface area contributed by atoms with Gasteiger partial charge in [0.05, 0.1) is 19.3 Å². The highest BCUT2D eigenvalue weighted by Gasteiger charge is 2.25. The number of hydrogen-bond donors (Lipinski definition) is 0. The van der Waals surface area contributed by atoms with Crippen LogP contribution < -0.4 is 0 Å². The molecule has 0 saturated carbocycles. The topological polar surface area (TPSA) is 29.5 Å². The Bertz CT molecular complexity index is 236.